The number of carbonyl (C=O) groups is 1. The number of Topliss-reactive ketones (excluding diaryl/α,β-unsaturated/α-hetero) is 1. The van der Waals surface area contributed by atoms with Crippen LogP contribution < -0.4 is 15.8 Å². The minimum Gasteiger partial charge on any atom is -0.492 e. The number of nitrogens with one attached hydrogen (secondary N) is 1. The first-order chi connectivity index (χ1) is 10.5. The minimum absolute atomic E-state index is 0.115. The number of ketones is 1. The van der Waals surface area contributed by atoms with Gasteiger partial charge in [0, 0.05) is 17.5 Å². The Morgan fingerprint density at radius 2 is 1.70 bits per heavy atom. The Morgan fingerprint density at radius 3 is 2.13 bits per heavy atom. The summed E-state index contributed by atoms with van der Waals surface area (Å²) in [6.45, 7) is 13.2. The lowest BCUT2D eigenvalue weighted by Gasteiger charge is -2.32. The predicted molar refractivity (Wildman–Crippen MR) is 95.8 cm³/mol. The highest BCUT2D eigenvalue weighted by molar-refractivity contribution is 5.89. The highest BCUT2D eigenvalue weighted by atomic mass is 16.5. The van der Waals surface area contributed by atoms with Crippen molar-refractivity contribution >= 4 is 5.78 Å². The SMILES string of the molecule is CC(C)(C)NC(Cc1ccc(OCCN)cc1)C(=O)C(C)(C)C. The van der Waals surface area contributed by atoms with Crippen LogP contribution in [0.5, 0.6) is 5.75 Å². The second-order valence-electron chi connectivity index (χ2n) is 8.05. The Bertz CT molecular complexity index is 496. The Kier molecular flexibility index (Phi) is 6.78. The molecule has 1 aromatic carbocycles. The van der Waals surface area contributed by atoms with Gasteiger partial charge in [-0.15, -0.1) is 0 Å². The first-order valence-electron chi connectivity index (χ1n) is 8.27. The minimum atomic E-state index is -0.368. The molecule has 130 valence electrons. The van der Waals surface area contributed by atoms with E-state index in [0.717, 1.165) is 11.3 Å². The van der Waals surface area contributed by atoms with Crippen molar-refractivity contribution in [2.45, 2.75) is 59.5 Å². The topological polar surface area (TPSA) is 64.3 Å². The van der Waals surface area contributed by atoms with Gasteiger partial charge in [0.25, 0.3) is 0 Å². The highest BCUT2D eigenvalue weighted by Crippen LogP contribution is 2.21. The number of hydrogen-bond acceptors (Lipinski definition) is 4. The maximum atomic E-state index is 12.8. The fourth-order valence-electron chi connectivity index (χ4n) is 2.39. The van der Waals surface area contributed by atoms with Gasteiger partial charge in [-0.2, -0.15) is 0 Å². The Balaban J connectivity index is 2.86. The molecular formula is C19H32N2O2. The van der Waals surface area contributed by atoms with Gasteiger partial charge in [0.05, 0.1) is 6.04 Å². The third kappa shape index (κ3) is 7.14. The zero-order valence-electron chi connectivity index (χ0n) is 15.4. The van der Waals surface area contributed by atoms with Gasteiger partial charge in [-0.3, -0.25) is 4.79 Å². The molecule has 0 saturated carbocycles. The zero-order valence-corrected chi connectivity index (χ0v) is 15.4. The van der Waals surface area contributed by atoms with Crippen LogP contribution in [0.1, 0.15) is 47.1 Å². The van der Waals surface area contributed by atoms with Crippen molar-refractivity contribution in [3.05, 3.63) is 29.8 Å². The van der Waals surface area contributed by atoms with E-state index < -0.39 is 0 Å². The highest BCUT2D eigenvalue weighted by Gasteiger charge is 2.31. The van der Waals surface area contributed by atoms with Crippen molar-refractivity contribution in [3.8, 4) is 5.75 Å². The smallest absolute Gasteiger partial charge is 0.155 e. The molecular weight excluding hydrogens is 288 g/mol. The van der Waals surface area contributed by atoms with Gasteiger partial charge in [0.2, 0.25) is 0 Å². The van der Waals surface area contributed by atoms with Crippen LogP contribution in [0.4, 0.5) is 0 Å². The van der Waals surface area contributed by atoms with E-state index in [0.29, 0.717) is 19.6 Å². The molecule has 23 heavy (non-hydrogen) atoms. The van der Waals surface area contributed by atoms with Crippen LogP contribution in [0.2, 0.25) is 0 Å². The Morgan fingerprint density at radius 1 is 1.13 bits per heavy atom. The fraction of sp³-hybridized carbons (Fsp3) is 0.632. The number of benzene rings is 1. The van der Waals surface area contributed by atoms with E-state index >= 15 is 0 Å². The van der Waals surface area contributed by atoms with Crippen LogP contribution in [-0.4, -0.2) is 30.5 Å². The van der Waals surface area contributed by atoms with E-state index in [4.69, 9.17) is 10.5 Å². The molecule has 0 heterocycles. The first kappa shape index (κ1) is 19.7. The molecule has 0 spiro atoms. The molecule has 0 aliphatic carbocycles. The van der Waals surface area contributed by atoms with Crippen LogP contribution >= 0.6 is 0 Å². The molecule has 3 N–H and O–H groups in total. The first-order valence-corrected chi connectivity index (χ1v) is 8.27. The van der Waals surface area contributed by atoms with Gasteiger partial charge < -0.3 is 15.8 Å². The van der Waals surface area contributed by atoms with Crippen LogP contribution in [0, 0.1) is 5.41 Å². The summed E-state index contributed by atoms with van der Waals surface area (Å²) in [6, 6.07) is 7.69. The number of rotatable bonds is 7. The van der Waals surface area contributed by atoms with Gasteiger partial charge >= 0.3 is 0 Å². The van der Waals surface area contributed by atoms with Gasteiger partial charge in [0.1, 0.15) is 12.4 Å². The molecule has 0 radical (unpaired) electrons. The van der Waals surface area contributed by atoms with E-state index in [2.05, 4.69) is 26.1 Å². The van der Waals surface area contributed by atoms with Crippen molar-refractivity contribution < 1.29 is 9.53 Å². The van der Waals surface area contributed by atoms with Crippen molar-refractivity contribution in [1.29, 1.82) is 0 Å². The fourth-order valence-corrected chi connectivity index (χ4v) is 2.39. The van der Waals surface area contributed by atoms with Gasteiger partial charge in [0.15, 0.2) is 5.78 Å². The van der Waals surface area contributed by atoms with E-state index in [1.165, 1.54) is 0 Å². The molecule has 1 rings (SSSR count). The quantitative estimate of drug-likeness (QED) is 0.811. The number of hydrogen-bond donors (Lipinski definition) is 2. The van der Waals surface area contributed by atoms with Crippen molar-refractivity contribution in [1.82, 2.24) is 5.32 Å². The Hall–Kier alpha value is -1.39. The monoisotopic (exact) mass is 320 g/mol. The maximum Gasteiger partial charge on any atom is 0.155 e. The molecule has 0 aliphatic rings. The third-order valence-corrected chi connectivity index (χ3v) is 3.41. The van der Waals surface area contributed by atoms with E-state index in [1.54, 1.807) is 0 Å². The molecule has 0 amide bonds. The summed E-state index contributed by atoms with van der Waals surface area (Å²) in [5.41, 5.74) is 6.07. The lowest BCUT2D eigenvalue weighted by molar-refractivity contribution is -0.128. The summed E-state index contributed by atoms with van der Waals surface area (Å²) in [5, 5.41) is 3.46. The molecule has 0 aromatic heterocycles. The number of carbonyl (C=O) groups excluding carboxylic acids is 1. The lowest BCUT2D eigenvalue weighted by Crippen LogP contribution is -2.51. The summed E-state index contributed by atoms with van der Waals surface area (Å²) in [7, 11) is 0. The summed E-state index contributed by atoms with van der Waals surface area (Å²) in [6.07, 6.45) is 0.671. The average Bonchev–Trinajstić information content (AvgIpc) is 2.42. The molecule has 1 aromatic rings. The van der Waals surface area contributed by atoms with Gasteiger partial charge in [-0.1, -0.05) is 32.9 Å². The van der Waals surface area contributed by atoms with Crippen LogP contribution in [-0.2, 0) is 11.2 Å². The van der Waals surface area contributed by atoms with Crippen LogP contribution in [0.25, 0.3) is 0 Å². The third-order valence-electron chi connectivity index (χ3n) is 3.41. The standard InChI is InChI=1S/C19H32N2O2/c1-18(2,3)17(22)16(21-19(4,5)6)13-14-7-9-15(10-8-14)23-12-11-20/h7-10,16,21H,11-13,20H2,1-6H3. The zero-order chi connectivity index (χ0) is 17.7. The second kappa shape index (κ2) is 7.93. The number of nitrogens with two attached hydrogens (primary N) is 1. The van der Waals surface area contributed by atoms with Gasteiger partial charge in [-0.05, 0) is 44.9 Å². The lowest BCUT2D eigenvalue weighted by atomic mass is 9.83. The van der Waals surface area contributed by atoms with E-state index in [1.807, 2.05) is 45.0 Å². The van der Waals surface area contributed by atoms with E-state index in [9.17, 15) is 4.79 Å². The number of ether oxygens (including phenoxy) is 1. The average molecular weight is 320 g/mol. The molecule has 1 atom stereocenters. The van der Waals surface area contributed by atoms with E-state index in [-0.39, 0.29) is 22.8 Å². The Labute approximate surface area is 140 Å². The normalized spacial score (nSPS) is 13.7. The molecule has 1 unspecified atom stereocenters. The van der Waals surface area contributed by atoms with Crippen LogP contribution in [0.3, 0.4) is 0 Å². The largest absolute Gasteiger partial charge is 0.492 e. The molecule has 0 saturated heterocycles. The maximum absolute atomic E-state index is 12.8. The van der Waals surface area contributed by atoms with Crippen molar-refractivity contribution in [2.24, 2.45) is 11.1 Å². The molecule has 0 bridgehead atoms. The summed E-state index contributed by atoms with van der Waals surface area (Å²) >= 11 is 0. The molecule has 4 nitrogen and oxygen atoms in total. The van der Waals surface area contributed by atoms with Crippen molar-refractivity contribution in [2.75, 3.05) is 13.2 Å². The molecule has 4 heteroatoms. The molecule has 0 aliphatic heterocycles. The van der Waals surface area contributed by atoms with Gasteiger partial charge in [-0.25, -0.2) is 0 Å². The second-order valence-corrected chi connectivity index (χ2v) is 8.05. The molecule has 0 fully saturated rings. The summed E-state index contributed by atoms with van der Waals surface area (Å²) in [5.74, 6) is 1.04. The summed E-state index contributed by atoms with van der Waals surface area (Å²) < 4.78 is 5.49. The predicted octanol–water partition coefficient (Wildman–Crippen LogP) is 2.94. The van der Waals surface area contributed by atoms with Crippen LogP contribution in [0.15, 0.2) is 24.3 Å². The van der Waals surface area contributed by atoms with Crippen molar-refractivity contribution in [3.63, 3.8) is 0 Å². The summed E-state index contributed by atoms with van der Waals surface area (Å²) in [4.78, 5) is 12.8.